The van der Waals surface area contributed by atoms with Gasteiger partial charge in [-0.15, -0.1) is 0 Å². The van der Waals surface area contributed by atoms with Crippen molar-refractivity contribution >= 4 is 45.1 Å². The Bertz CT molecular complexity index is 533. The van der Waals surface area contributed by atoms with Crippen LogP contribution in [-0.2, 0) is 9.59 Å². The third kappa shape index (κ3) is 3.96. The van der Waals surface area contributed by atoms with Gasteiger partial charge in [-0.3, -0.25) is 9.59 Å². The Labute approximate surface area is 131 Å². The summed E-state index contributed by atoms with van der Waals surface area (Å²) in [5, 5.41) is 12.5. The van der Waals surface area contributed by atoms with Crippen LogP contribution in [0.2, 0.25) is 5.02 Å². The molecule has 6 heteroatoms. The van der Waals surface area contributed by atoms with E-state index in [0.717, 1.165) is 0 Å². The predicted molar refractivity (Wildman–Crippen MR) is 83.0 cm³/mol. The fourth-order valence-corrected chi connectivity index (χ4v) is 2.14. The molecule has 1 rings (SSSR count). The highest BCUT2D eigenvalue weighted by Gasteiger charge is 2.38. The summed E-state index contributed by atoms with van der Waals surface area (Å²) in [5.74, 6) is -1.46. The number of carboxylic acids is 1. The first-order chi connectivity index (χ1) is 9.16. The number of amides is 1. The fourth-order valence-electron chi connectivity index (χ4n) is 1.64. The van der Waals surface area contributed by atoms with Gasteiger partial charge in [0, 0.05) is 16.6 Å². The Morgan fingerprint density at radius 3 is 2.50 bits per heavy atom. The molecule has 2 N–H and O–H groups in total. The first-order valence-corrected chi connectivity index (χ1v) is 7.32. The minimum atomic E-state index is -1.09. The maximum Gasteiger partial charge on any atom is 0.310 e. The number of carbonyl (C=O) groups excluding carboxylic acids is 1. The van der Waals surface area contributed by atoms with Crippen molar-refractivity contribution in [2.24, 2.45) is 11.3 Å². The Morgan fingerprint density at radius 2 is 2.05 bits per heavy atom. The van der Waals surface area contributed by atoms with E-state index in [1.54, 1.807) is 39.0 Å². The van der Waals surface area contributed by atoms with Crippen LogP contribution in [0.3, 0.4) is 0 Å². The molecule has 1 amide bonds. The molecule has 110 valence electrons. The van der Waals surface area contributed by atoms with Crippen LogP contribution in [0.15, 0.2) is 22.7 Å². The topological polar surface area (TPSA) is 66.4 Å². The maximum atomic E-state index is 12.0. The zero-order valence-corrected chi connectivity index (χ0v) is 13.9. The van der Waals surface area contributed by atoms with Crippen molar-refractivity contribution in [1.29, 1.82) is 0 Å². The standard InChI is InChI=1S/C14H17BrClNO3/c1-8(2)14(3,13(19)20)7-12(18)17-9-4-5-11(16)10(15)6-9/h4-6,8H,7H2,1-3H3,(H,17,18)(H,19,20). The molecular formula is C14H17BrClNO3. The molecule has 20 heavy (non-hydrogen) atoms. The quantitative estimate of drug-likeness (QED) is 0.826. The lowest BCUT2D eigenvalue weighted by Crippen LogP contribution is -2.37. The van der Waals surface area contributed by atoms with Crippen LogP contribution in [-0.4, -0.2) is 17.0 Å². The Balaban J connectivity index is 2.81. The van der Waals surface area contributed by atoms with Crippen LogP contribution in [0.25, 0.3) is 0 Å². The zero-order valence-electron chi connectivity index (χ0n) is 11.5. The van der Waals surface area contributed by atoms with Crippen LogP contribution >= 0.6 is 27.5 Å². The number of carbonyl (C=O) groups is 2. The van der Waals surface area contributed by atoms with Crippen molar-refractivity contribution in [1.82, 2.24) is 0 Å². The van der Waals surface area contributed by atoms with Crippen molar-refractivity contribution in [3.05, 3.63) is 27.7 Å². The zero-order chi connectivity index (χ0) is 15.5. The summed E-state index contributed by atoms with van der Waals surface area (Å²) in [5.41, 5.74) is -0.518. The Kier molecular flexibility index (Phi) is 5.59. The molecule has 0 aliphatic rings. The number of anilines is 1. The smallest absolute Gasteiger partial charge is 0.310 e. The average molecular weight is 363 g/mol. The molecular weight excluding hydrogens is 346 g/mol. The van der Waals surface area contributed by atoms with Gasteiger partial charge in [0.05, 0.1) is 10.4 Å². The van der Waals surface area contributed by atoms with Crippen LogP contribution < -0.4 is 5.32 Å². The average Bonchev–Trinajstić information content (AvgIpc) is 2.33. The summed E-state index contributed by atoms with van der Waals surface area (Å²) in [6.07, 6.45) is -0.0831. The van der Waals surface area contributed by atoms with Crippen molar-refractivity contribution in [2.75, 3.05) is 5.32 Å². The van der Waals surface area contributed by atoms with E-state index in [2.05, 4.69) is 21.2 Å². The van der Waals surface area contributed by atoms with Gasteiger partial charge >= 0.3 is 5.97 Å². The third-order valence-corrected chi connectivity index (χ3v) is 4.71. The van der Waals surface area contributed by atoms with E-state index in [1.807, 2.05) is 0 Å². The van der Waals surface area contributed by atoms with Gasteiger partial charge in [-0.1, -0.05) is 25.4 Å². The highest BCUT2D eigenvalue weighted by molar-refractivity contribution is 9.10. The molecule has 0 heterocycles. The van der Waals surface area contributed by atoms with E-state index in [1.165, 1.54) is 0 Å². The maximum absolute atomic E-state index is 12.0. The van der Waals surface area contributed by atoms with E-state index in [4.69, 9.17) is 11.6 Å². The molecule has 0 saturated carbocycles. The van der Waals surface area contributed by atoms with Gasteiger partial charge in [0.2, 0.25) is 5.91 Å². The number of hydrogen-bond donors (Lipinski definition) is 2. The Hall–Kier alpha value is -1.07. The second-order valence-electron chi connectivity index (χ2n) is 5.23. The van der Waals surface area contributed by atoms with E-state index < -0.39 is 11.4 Å². The monoisotopic (exact) mass is 361 g/mol. The summed E-state index contributed by atoms with van der Waals surface area (Å²) in [6, 6.07) is 4.99. The number of benzene rings is 1. The van der Waals surface area contributed by atoms with E-state index in [0.29, 0.717) is 15.2 Å². The number of halogens is 2. The second kappa shape index (κ2) is 6.59. The number of carboxylic acid groups (broad SMARTS) is 1. The van der Waals surface area contributed by atoms with Gasteiger partial charge in [-0.2, -0.15) is 0 Å². The van der Waals surface area contributed by atoms with Crippen LogP contribution in [0.4, 0.5) is 5.69 Å². The lowest BCUT2D eigenvalue weighted by molar-refractivity contribution is -0.153. The lowest BCUT2D eigenvalue weighted by Gasteiger charge is -2.28. The SMILES string of the molecule is CC(C)C(C)(CC(=O)Nc1ccc(Cl)c(Br)c1)C(=O)O. The van der Waals surface area contributed by atoms with E-state index >= 15 is 0 Å². The lowest BCUT2D eigenvalue weighted by atomic mass is 9.76. The van der Waals surface area contributed by atoms with Crippen LogP contribution in [0, 0.1) is 11.3 Å². The summed E-state index contributed by atoms with van der Waals surface area (Å²) < 4.78 is 0.668. The van der Waals surface area contributed by atoms with Crippen molar-refractivity contribution in [3.8, 4) is 0 Å². The molecule has 1 atom stereocenters. The normalized spacial score (nSPS) is 13.9. The van der Waals surface area contributed by atoms with Crippen molar-refractivity contribution in [3.63, 3.8) is 0 Å². The molecule has 0 spiro atoms. The number of rotatable bonds is 5. The molecule has 1 aromatic rings. The molecule has 4 nitrogen and oxygen atoms in total. The molecule has 1 unspecified atom stereocenters. The highest BCUT2D eigenvalue weighted by atomic mass is 79.9. The molecule has 0 aliphatic heterocycles. The summed E-state index contributed by atoms with van der Waals surface area (Å²) in [6.45, 7) is 5.16. The summed E-state index contributed by atoms with van der Waals surface area (Å²) in [7, 11) is 0. The largest absolute Gasteiger partial charge is 0.481 e. The first-order valence-electron chi connectivity index (χ1n) is 6.15. The molecule has 0 fully saturated rings. The van der Waals surface area contributed by atoms with Crippen molar-refractivity contribution < 1.29 is 14.7 Å². The number of aliphatic carboxylic acids is 1. The predicted octanol–water partition coefficient (Wildman–Crippen LogP) is 4.18. The summed E-state index contributed by atoms with van der Waals surface area (Å²) >= 11 is 9.14. The molecule has 0 radical (unpaired) electrons. The first kappa shape index (κ1) is 17.0. The molecule has 0 aromatic heterocycles. The van der Waals surface area contributed by atoms with Crippen molar-refractivity contribution in [2.45, 2.75) is 27.2 Å². The Morgan fingerprint density at radius 1 is 1.45 bits per heavy atom. The second-order valence-corrected chi connectivity index (χ2v) is 6.49. The van der Waals surface area contributed by atoms with Crippen LogP contribution in [0.1, 0.15) is 27.2 Å². The van der Waals surface area contributed by atoms with Gasteiger partial charge in [-0.05, 0) is 47.0 Å². The fraction of sp³-hybridized carbons (Fsp3) is 0.429. The van der Waals surface area contributed by atoms with Gasteiger partial charge in [0.15, 0.2) is 0 Å². The molecule has 1 aromatic carbocycles. The minimum absolute atomic E-state index is 0.0831. The molecule has 0 bridgehead atoms. The third-order valence-electron chi connectivity index (χ3n) is 3.49. The molecule has 0 saturated heterocycles. The minimum Gasteiger partial charge on any atom is -0.481 e. The number of hydrogen-bond acceptors (Lipinski definition) is 2. The molecule has 0 aliphatic carbocycles. The van der Waals surface area contributed by atoms with Gasteiger partial charge in [-0.25, -0.2) is 0 Å². The number of nitrogens with one attached hydrogen (secondary N) is 1. The van der Waals surface area contributed by atoms with Gasteiger partial charge in [0.25, 0.3) is 0 Å². The van der Waals surface area contributed by atoms with Gasteiger partial charge in [0.1, 0.15) is 0 Å². The van der Waals surface area contributed by atoms with E-state index in [9.17, 15) is 14.7 Å². The van der Waals surface area contributed by atoms with Crippen LogP contribution in [0.5, 0.6) is 0 Å². The summed E-state index contributed by atoms with van der Waals surface area (Å²) in [4.78, 5) is 23.4. The van der Waals surface area contributed by atoms with Gasteiger partial charge < -0.3 is 10.4 Å². The van der Waals surface area contributed by atoms with E-state index in [-0.39, 0.29) is 18.2 Å². The highest BCUT2D eigenvalue weighted by Crippen LogP contribution is 2.32.